The second-order valence-electron chi connectivity index (χ2n) is 8.51. The molecule has 2 amide bonds. The van der Waals surface area contributed by atoms with E-state index in [4.69, 9.17) is 11.0 Å². The first kappa shape index (κ1) is 21.8. The highest BCUT2D eigenvalue weighted by atomic mass is 16.2. The second-order valence-corrected chi connectivity index (χ2v) is 8.51. The molecule has 3 rings (SSSR count). The average molecular weight is 410 g/mol. The summed E-state index contributed by atoms with van der Waals surface area (Å²) in [6.45, 7) is 6.48. The molecule has 1 saturated heterocycles. The van der Waals surface area contributed by atoms with Gasteiger partial charge >= 0.3 is 0 Å². The number of hydrogen-bond acceptors (Lipinski definition) is 4. The number of fused-ring (bicyclic) bond motifs is 1. The summed E-state index contributed by atoms with van der Waals surface area (Å²) in [5.41, 5.74) is 7.87. The van der Waals surface area contributed by atoms with Gasteiger partial charge in [-0.15, -0.1) is 0 Å². The van der Waals surface area contributed by atoms with Crippen molar-refractivity contribution < 1.29 is 9.59 Å². The Bertz CT molecular complexity index is 956. The number of likely N-dealkylation sites (tertiary alicyclic amines) is 1. The first-order chi connectivity index (χ1) is 14.3. The number of benzene rings is 1. The molecular weight excluding hydrogens is 378 g/mol. The van der Waals surface area contributed by atoms with Gasteiger partial charge in [0, 0.05) is 29.7 Å². The van der Waals surface area contributed by atoms with Gasteiger partial charge in [-0.2, -0.15) is 5.26 Å². The van der Waals surface area contributed by atoms with Gasteiger partial charge < -0.3 is 20.5 Å². The van der Waals surface area contributed by atoms with Gasteiger partial charge in [0.25, 0.3) is 0 Å². The summed E-state index contributed by atoms with van der Waals surface area (Å²) < 4.78 is 1.96. The van der Waals surface area contributed by atoms with Crippen molar-refractivity contribution in [2.24, 2.45) is 11.7 Å². The van der Waals surface area contributed by atoms with Gasteiger partial charge in [0.2, 0.25) is 11.8 Å². The van der Waals surface area contributed by atoms with Crippen LogP contribution in [-0.4, -0.2) is 46.0 Å². The van der Waals surface area contributed by atoms with E-state index in [1.165, 1.54) is 0 Å². The Hall–Kier alpha value is -2.85. The fourth-order valence-corrected chi connectivity index (χ4v) is 4.26. The Labute approximate surface area is 177 Å². The predicted octanol–water partition coefficient (Wildman–Crippen LogP) is 2.19. The maximum Gasteiger partial charge on any atom is 0.245 e. The van der Waals surface area contributed by atoms with E-state index in [0.29, 0.717) is 13.1 Å². The van der Waals surface area contributed by atoms with Gasteiger partial charge in [0.15, 0.2) is 0 Å². The Balaban J connectivity index is 1.82. The van der Waals surface area contributed by atoms with Crippen LogP contribution in [0.4, 0.5) is 0 Å². The van der Waals surface area contributed by atoms with E-state index in [-0.39, 0.29) is 23.8 Å². The molecule has 1 aliphatic rings. The molecule has 7 nitrogen and oxygen atoms in total. The molecule has 160 valence electrons. The zero-order valence-electron chi connectivity index (χ0n) is 18.0. The lowest BCUT2D eigenvalue weighted by molar-refractivity contribution is -0.138. The molecule has 30 heavy (non-hydrogen) atoms. The van der Waals surface area contributed by atoms with Gasteiger partial charge in [0.05, 0.1) is 12.1 Å². The summed E-state index contributed by atoms with van der Waals surface area (Å²) in [6, 6.07) is 9.12. The van der Waals surface area contributed by atoms with Gasteiger partial charge in [-0.3, -0.25) is 9.59 Å². The molecule has 0 unspecified atom stereocenters. The number of nitrogens with zero attached hydrogens (tertiary/aromatic N) is 3. The van der Waals surface area contributed by atoms with Crippen molar-refractivity contribution in [3.63, 3.8) is 0 Å². The molecule has 1 fully saturated rings. The van der Waals surface area contributed by atoms with E-state index in [2.05, 4.69) is 17.5 Å². The van der Waals surface area contributed by atoms with Crippen LogP contribution in [-0.2, 0) is 22.6 Å². The summed E-state index contributed by atoms with van der Waals surface area (Å²) in [5, 5.41) is 13.1. The summed E-state index contributed by atoms with van der Waals surface area (Å²) in [7, 11) is 0. The topological polar surface area (TPSA) is 104 Å². The lowest BCUT2D eigenvalue weighted by Gasteiger charge is -2.31. The van der Waals surface area contributed by atoms with Crippen molar-refractivity contribution in [1.82, 2.24) is 14.8 Å². The number of carbonyl (C=O) groups is 2. The number of nitrogens with one attached hydrogen (secondary N) is 1. The normalized spacial score (nSPS) is 18.4. The lowest BCUT2D eigenvalue weighted by Crippen LogP contribution is -2.55. The SMILES string of the molecule is CC(C)[C@H](NC(=O)[C@H](C)N)C(=O)N1CCC[C@H]1Cc1cn(CC#N)c2ccccc12. The smallest absolute Gasteiger partial charge is 0.245 e. The van der Waals surface area contributed by atoms with Gasteiger partial charge in [-0.05, 0) is 43.7 Å². The molecule has 0 radical (unpaired) electrons. The van der Waals surface area contributed by atoms with Crippen molar-refractivity contribution in [3.05, 3.63) is 36.0 Å². The Kier molecular flexibility index (Phi) is 6.78. The highest BCUT2D eigenvalue weighted by Crippen LogP contribution is 2.28. The van der Waals surface area contributed by atoms with Crippen LogP contribution in [0.1, 0.15) is 39.2 Å². The summed E-state index contributed by atoms with van der Waals surface area (Å²) in [4.78, 5) is 27.4. The fourth-order valence-electron chi connectivity index (χ4n) is 4.26. The average Bonchev–Trinajstić information content (AvgIpc) is 3.31. The monoisotopic (exact) mass is 409 g/mol. The number of hydrogen-bond donors (Lipinski definition) is 2. The third-order valence-corrected chi connectivity index (χ3v) is 5.87. The highest BCUT2D eigenvalue weighted by molar-refractivity contribution is 5.90. The van der Waals surface area contributed by atoms with E-state index < -0.39 is 12.1 Å². The first-order valence-electron chi connectivity index (χ1n) is 10.6. The number of carbonyl (C=O) groups excluding carboxylic acids is 2. The number of nitrogens with two attached hydrogens (primary N) is 1. The Morgan fingerprint density at radius 3 is 2.70 bits per heavy atom. The molecule has 3 N–H and O–H groups in total. The van der Waals surface area contributed by atoms with Crippen molar-refractivity contribution in [1.29, 1.82) is 5.26 Å². The van der Waals surface area contributed by atoms with Crippen LogP contribution >= 0.6 is 0 Å². The molecule has 0 bridgehead atoms. The van der Waals surface area contributed by atoms with Crippen LogP contribution in [0.5, 0.6) is 0 Å². The molecule has 0 spiro atoms. The van der Waals surface area contributed by atoms with Gasteiger partial charge in [0.1, 0.15) is 12.6 Å². The Morgan fingerprint density at radius 2 is 2.03 bits per heavy atom. The minimum Gasteiger partial charge on any atom is -0.343 e. The quantitative estimate of drug-likeness (QED) is 0.731. The summed E-state index contributed by atoms with van der Waals surface area (Å²) >= 11 is 0. The highest BCUT2D eigenvalue weighted by Gasteiger charge is 2.35. The fraction of sp³-hybridized carbons (Fsp3) is 0.522. The number of aromatic nitrogens is 1. The molecule has 1 aromatic carbocycles. The van der Waals surface area contributed by atoms with E-state index in [9.17, 15) is 9.59 Å². The van der Waals surface area contributed by atoms with Crippen molar-refractivity contribution in [2.75, 3.05) is 6.54 Å². The molecule has 1 aliphatic heterocycles. The van der Waals surface area contributed by atoms with Crippen molar-refractivity contribution in [3.8, 4) is 6.07 Å². The van der Waals surface area contributed by atoms with Gasteiger partial charge in [-0.1, -0.05) is 32.0 Å². The van der Waals surface area contributed by atoms with Crippen LogP contribution in [0, 0.1) is 17.2 Å². The third kappa shape index (κ3) is 4.49. The molecule has 2 heterocycles. The maximum absolute atomic E-state index is 13.3. The number of amides is 2. The molecule has 0 saturated carbocycles. The largest absolute Gasteiger partial charge is 0.343 e. The molecular formula is C23H31N5O2. The third-order valence-electron chi connectivity index (χ3n) is 5.87. The minimum atomic E-state index is -0.653. The predicted molar refractivity (Wildman–Crippen MR) is 116 cm³/mol. The van der Waals surface area contributed by atoms with Crippen LogP contribution in [0.15, 0.2) is 30.5 Å². The minimum absolute atomic E-state index is 0.0287. The summed E-state index contributed by atoms with van der Waals surface area (Å²) in [6.07, 6.45) is 4.64. The van der Waals surface area contributed by atoms with E-state index in [1.54, 1.807) is 6.92 Å². The number of nitriles is 1. The lowest BCUT2D eigenvalue weighted by atomic mass is 9.99. The van der Waals surface area contributed by atoms with Crippen LogP contribution in [0.25, 0.3) is 10.9 Å². The Morgan fingerprint density at radius 1 is 1.30 bits per heavy atom. The van der Waals surface area contributed by atoms with Crippen molar-refractivity contribution in [2.45, 2.75) is 64.7 Å². The first-order valence-corrected chi connectivity index (χ1v) is 10.6. The molecule has 2 aromatic rings. The van der Waals surface area contributed by atoms with E-state index in [0.717, 1.165) is 35.7 Å². The van der Waals surface area contributed by atoms with Crippen LogP contribution in [0.3, 0.4) is 0 Å². The molecule has 0 aliphatic carbocycles. The van der Waals surface area contributed by atoms with E-state index in [1.807, 2.05) is 47.7 Å². The van der Waals surface area contributed by atoms with Gasteiger partial charge in [-0.25, -0.2) is 0 Å². The molecule has 7 heteroatoms. The molecule has 3 atom stereocenters. The van der Waals surface area contributed by atoms with Crippen molar-refractivity contribution >= 4 is 22.7 Å². The maximum atomic E-state index is 13.3. The number of rotatable bonds is 7. The van der Waals surface area contributed by atoms with Crippen LogP contribution < -0.4 is 11.1 Å². The second kappa shape index (κ2) is 9.31. The number of para-hydroxylation sites is 1. The molecule has 1 aromatic heterocycles. The summed E-state index contributed by atoms with van der Waals surface area (Å²) in [5.74, 6) is -0.376. The van der Waals surface area contributed by atoms with Crippen LogP contribution in [0.2, 0.25) is 0 Å². The zero-order chi connectivity index (χ0) is 21.8. The standard InChI is InChI=1S/C23H31N5O2/c1-15(2)21(26-22(29)16(3)25)23(30)28-11-6-7-18(28)13-17-14-27(12-10-24)20-9-5-4-8-19(17)20/h4-5,8-9,14-16,18,21H,6-7,11-13,25H2,1-3H3,(H,26,29)/t16-,18-,21-/m0/s1. The zero-order valence-corrected chi connectivity index (χ0v) is 18.0. The van der Waals surface area contributed by atoms with E-state index >= 15 is 0 Å².